The third kappa shape index (κ3) is 3.33. The molecule has 0 bridgehead atoms. The number of hydrogen-bond acceptors (Lipinski definition) is 2. The molecule has 0 radical (unpaired) electrons. The summed E-state index contributed by atoms with van der Waals surface area (Å²) in [7, 11) is 0. The van der Waals surface area contributed by atoms with Crippen LogP contribution < -0.4 is 0 Å². The van der Waals surface area contributed by atoms with Gasteiger partial charge in [-0.25, -0.2) is 9.50 Å². The Kier molecular flexibility index (Phi) is 5.22. The van der Waals surface area contributed by atoms with Crippen molar-refractivity contribution < 1.29 is 0 Å². The summed E-state index contributed by atoms with van der Waals surface area (Å²) in [4.78, 5) is 4.69. The number of hydrogen-bond donors (Lipinski definition) is 0. The standard InChI is InChI=1S/C22H29N3/c1-6-8-9-10-18-19(7-2)24-25-20(11-12-23-22(18)25)21-16(4)13-15(3)14-17(21)5/h11-14H,6-10H2,1-5H3. The minimum absolute atomic E-state index is 0.954. The van der Waals surface area contributed by atoms with Crippen LogP contribution in [0.2, 0.25) is 0 Å². The van der Waals surface area contributed by atoms with E-state index in [2.05, 4.69) is 57.3 Å². The van der Waals surface area contributed by atoms with Crippen LogP contribution in [-0.4, -0.2) is 14.6 Å². The first-order valence-electron chi connectivity index (χ1n) is 9.50. The van der Waals surface area contributed by atoms with Crippen LogP contribution in [0, 0.1) is 20.8 Å². The van der Waals surface area contributed by atoms with E-state index in [1.165, 1.54) is 52.8 Å². The highest BCUT2D eigenvalue weighted by atomic mass is 15.3. The van der Waals surface area contributed by atoms with E-state index in [1.807, 2.05) is 6.20 Å². The lowest BCUT2D eigenvalue weighted by molar-refractivity contribution is 0.715. The third-order valence-electron chi connectivity index (χ3n) is 5.00. The molecule has 0 aliphatic rings. The number of aryl methyl sites for hydroxylation is 5. The van der Waals surface area contributed by atoms with Gasteiger partial charge in [-0.2, -0.15) is 5.10 Å². The minimum Gasteiger partial charge on any atom is -0.237 e. The second-order valence-electron chi connectivity index (χ2n) is 7.08. The molecule has 1 aromatic carbocycles. The first-order chi connectivity index (χ1) is 12.1. The van der Waals surface area contributed by atoms with E-state index in [1.54, 1.807) is 0 Å². The van der Waals surface area contributed by atoms with E-state index in [0.29, 0.717) is 0 Å². The molecule has 0 aliphatic heterocycles. The summed E-state index contributed by atoms with van der Waals surface area (Å²) >= 11 is 0. The lowest BCUT2D eigenvalue weighted by atomic mass is 9.97. The maximum Gasteiger partial charge on any atom is 0.159 e. The highest BCUT2D eigenvalue weighted by Crippen LogP contribution is 2.30. The predicted molar refractivity (Wildman–Crippen MR) is 105 cm³/mol. The molecule has 0 atom stereocenters. The van der Waals surface area contributed by atoms with E-state index >= 15 is 0 Å². The molecule has 3 heteroatoms. The van der Waals surface area contributed by atoms with Gasteiger partial charge in [-0.3, -0.25) is 0 Å². The molecule has 0 aliphatic carbocycles. The van der Waals surface area contributed by atoms with Crippen molar-refractivity contribution >= 4 is 5.65 Å². The normalized spacial score (nSPS) is 11.4. The third-order valence-corrected chi connectivity index (χ3v) is 5.00. The first-order valence-corrected chi connectivity index (χ1v) is 9.50. The Morgan fingerprint density at radius 1 is 1.00 bits per heavy atom. The Morgan fingerprint density at radius 3 is 2.36 bits per heavy atom. The highest BCUT2D eigenvalue weighted by molar-refractivity contribution is 5.71. The van der Waals surface area contributed by atoms with Crippen molar-refractivity contribution in [2.45, 2.75) is 66.7 Å². The summed E-state index contributed by atoms with van der Waals surface area (Å²) in [5.41, 5.74) is 9.89. The second kappa shape index (κ2) is 7.38. The first kappa shape index (κ1) is 17.7. The average molecular weight is 335 g/mol. The van der Waals surface area contributed by atoms with Crippen molar-refractivity contribution in [3.63, 3.8) is 0 Å². The summed E-state index contributed by atoms with van der Waals surface area (Å²) in [5.74, 6) is 0. The zero-order chi connectivity index (χ0) is 18.0. The van der Waals surface area contributed by atoms with E-state index in [0.717, 1.165) is 24.2 Å². The number of rotatable bonds is 6. The lowest BCUT2D eigenvalue weighted by Gasteiger charge is -2.12. The Labute approximate surface area is 151 Å². The number of fused-ring (bicyclic) bond motifs is 1. The van der Waals surface area contributed by atoms with Crippen molar-refractivity contribution in [3.05, 3.63) is 52.3 Å². The topological polar surface area (TPSA) is 30.2 Å². The molecule has 25 heavy (non-hydrogen) atoms. The van der Waals surface area contributed by atoms with Gasteiger partial charge in [0.2, 0.25) is 0 Å². The molecule has 0 unspecified atom stereocenters. The molecule has 132 valence electrons. The van der Waals surface area contributed by atoms with E-state index in [4.69, 9.17) is 10.1 Å². The van der Waals surface area contributed by atoms with Crippen LogP contribution >= 0.6 is 0 Å². The summed E-state index contributed by atoms with van der Waals surface area (Å²) < 4.78 is 2.07. The Balaban J connectivity index is 2.18. The van der Waals surface area contributed by atoms with Crippen LogP contribution in [0.1, 0.15) is 61.1 Å². The predicted octanol–water partition coefficient (Wildman–Crippen LogP) is 5.62. The summed E-state index contributed by atoms with van der Waals surface area (Å²) in [5, 5.41) is 4.95. The molecule has 3 nitrogen and oxygen atoms in total. The molecule has 0 fully saturated rings. The lowest BCUT2D eigenvalue weighted by Crippen LogP contribution is -2.00. The van der Waals surface area contributed by atoms with Crippen LogP contribution in [0.3, 0.4) is 0 Å². The van der Waals surface area contributed by atoms with Gasteiger partial charge in [-0.1, -0.05) is 44.4 Å². The van der Waals surface area contributed by atoms with Crippen LogP contribution in [0.5, 0.6) is 0 Å². The Bertz CT molecular complexity index is 867. The summed E-state index contributed by atoms with van der Waals surface area (Å²) in [6, 6.07) is 6.60. The molecule has 3 aromatic rings. The van der Waals surface area contributed by atoms with Crippen LogP contribution in [0.15, 0.2) is 24.4 Å². The zero-order valence-corrected chi connectivity index (χ0v) is 16.2. The molecule has 2 heterocycles. The molecule has 0 saturated carbocycles. The number of nitrogens with zero attached hydrogens (tertiary/aromatic N) is 3. The van der Waals surface area contributed by atoms with Crippen LogP contribution in [-0.2, 0) is 12.8 Å². The molecule has 0 spiro atoms. The van der Waals surface area contributed by atoms with Gasteiger partial charge in [0.1, 0.15) is 0 Å². The summed E-state index contributed by atoms with van der Waals surface area (Å²) in [6.45, 7) is 11.0. The van der Waals surface area contributed by atoms with Crippen molar-refractivity contribution in [1.82, 2.24) is 14.6 Å². The molecule has 0 saturated heterocycles. The molecule has 0 N–H and O–H groups in total. The molecule has 2 aromatic heterocycles. The molecule has 0 amide bonds. The van der Waals surface area contributed by atoms with Crippen molar-refractivity contribution in [1.29, 1.82) is 0 Å². The van der Waals surface area contributed by atoms with Gasteiger partial charge in [0, 0.05) is 17.3 Å². The molecular weight excluding hydrogens is 306 g/mol. The van der Waals surface area contributed by atoms with Gasteiger partial charge in [0.05, 0.1) is 11.4 Å². The van der Waals surface area contributed by atoms with Gasteiger partial charge >= 0.3 is 0 Å². The zero-order valence-electron chi connectivity index (χ0n) is 16.2. The largest absolute Gasteiger partial charge is 0.237 e. The van der Waals surface area contributed by atoms with Gasteiger partial charge in [-0.15, -0.1) is 0 Å². The Hall–Kier alpha value is -2.16. The second-order valence-corrected chi connectivity index (χ2v) is 7.08. The SMILES string of the molecule is CCCCCc1c(CC)nn2c(-c3c(C)cc(C)cc3C)ccnc12. The quantitative estimate of drug-likeness (QED) is 0.548. The number of aromatic nitrogens is 3. The average Bonchev–Trinajstić information content (AvgIpc) is 2.93. The molecular formula is C22H29N3. The van der Waals surface area contributed by atoms with Gasteiger partial charge in [0.15, 0.2) is 5.65 Å². The minimum atomic E-state index is 0.954. The van der Waals surface area contributed by atoms with Gasteiger partial charge in [0.25, 0.3) is 0 Å². The fourth-order valence-corrected chi connectivity index (χ4v) is 3.90. The van der Waals surface area contributed by atoms with E-state index in [-0.39, 0.29) is 0 Å². The highest BCUT2D eigenvalue weighted by Gasteiger charge is 2.17. The van der Waals surface area contributed by atoms with Crippen molar-refractivity contribution in [2.24, 2.45) is 0 Å². The number of unbranched alkanes of at least 4 members (excludes halogenated alkanes) is 2. The number of benzene rings is 1. The maximum atomic E-state index is 4.95. The van der Waals surface area contributed by atoms with Crippen molar-refractivity contribution in [3.8, 4) is 11.3 Å². The van der Waals surface area contributed by atoms with E-state index < -0.39 is 0 Å². The van der Waals surface area contributed by atoms with Crippen LogP contribution in [0.25, 0.3) is 16.9 Å². The monoisotopic (exact) mass is 335 g/mol. The fraction of sp³-hybridized carbons (Fsp3) is 0.455. The van der Waals surface area contributed by atoms with Gasteiger partial charge in [-0.05, 0) is 57.2 Å². The Morgan fingerprint density at radius 2 is 1.72 bits per heavy atom. The van der Waals surface area contributed by atoms with Crippen LogP contribution in [0.4, 0.5) is 0 Å². The fourth-order valence-electron chi connectivity index (χ4n) is 3.90. The van der Waals surface area contributed by atoms with Gasteiger partial charge < -0.3 is 0 Å². The van der Waals surface area contributed by atoms with E-state index in [9.17, 15) is 0 Å². The van der Waals surface area contributed by atoms with Crippen molar-refractivity contribution in [2.75, 3.05) is 0 Å². The smallest absolute Gasteiger partial charge is 0.159 e. The molecule has 3 rings (SSSR count). The maximum absolute atomic E-state index is 4.95. The summed E-state index contributed by atoms with van der Waals surface area (Å²) in [6.07, 6.45) is 7.67.